The van der Waals surface area contributed by atoms with Crippen LogP contribution in [0.15, 0.2) is 0 Å². The van der Waals surface area contributed by atoms with E-state index >= 15 is 0 Å². The van der Waals surface area contributed by atoms with Crippen molar-refractivity contribution in [2.45, 2.75) is 17.4 Å². The molecular formula is C4HF7N2O2S. The van der Waals surface area contributed by atoms with Gasteiger partial charge in [0.25, 0.3) is 9.84 Å². The highest BCUT2D eigenvalue weighted by Gasteiger charge is 2.81. The zero-order valence-corrected chi connectivity index (χ0v) is 7.66. The minimum absolute atomic E-state index is 1.17. The van der Waals surface area contributed by atoms with Crippen LogP contribution in [0.2, 0.25) is 0 Å². The molecule has 0 saturated heterocycles. The van der Waals surface area contributed by atoms with Crippen molar-refractivity contribution in [3.05, 3.63) is 5.53 Å². The topological polar surface area (TPSA) is 70.5 Å². The molecule has 94 valence electrons. The van der Waals surface area contributed by atoms with Gasteiger partial charge in [-0.2, -0.15) is 31.1 Å². The largest absolute Gasteiger partial charge is 0.447 e. The number of nitrogens with zero attached hydrogens (tertiary/aromatic N) is 2. The molecule has 0 spiro atoms. The summed E-state index contributed by atoms with van der Waals surface area (Å²) < 4.78 is 104. The lowest BCUT2D eigenvalue weighted by Gasteiger charge is -2.26. The van der Waals surface area contributed by atoms with Gasteiger partial charge in [-0.25, -0.2) is 12.8 Å². The molecule has 0 rings (SSSR count). The van der Waals surface area contributed by atoms with Crippen LogP contribution in [-0.4, -0.2) is 36.1 Å². The highest BCUT2D eigenvalue weighted by atomic mass is 32.2. The third-order valence-electron chi connectivity index (χ3n) is 1.31. The first kappa shape index (κ1) is 14.8. The van der Waals surface area contributed by atoms with Crippen LogP contribution in [0, 0.1) is 0 Å². The second-order valence-corrected chi connectivity index (χ2v) is 4.22. The molecule has 0 heterocycles. The van der Waals surface area contributed by atoms with Gasteiger partial charge < -0.3 is 5.53 Å². The van der Waals surface area contributed by atoms with E-state index in [0.717, 1.165) is 0 Å². The molecule has 0 radical (unpaired) electrons. The van der Waals surface area contributed by atoms with E-state index < -0.39 is 32.7 Å². The molecule has 0 unspecified atom stereocenters. The Balaban J connectivity index is 6.14. The van der Waals surface area contributed by atoms with Crippen molar-refractivity contribution >= 4 is 15.4 Å². The molecule has 0 bridgehead atoms. The molecule has 16 heavy (non-hydrogen) atoms. The van der Waals surface area contributed by atoms with E-state index in [1.54, 1.807) is 0 Å². The van der Waals surface area contributed by atoms with Gasteiger partial charge in [0.2, 0.25) is 0 Å². The van der Waals surface area contributed by atoms with Gasteiger partial charge in [-0.3, -0.25) is 0 Å². The first-order chi connectivity index (χ1) is 6.81. The fourth-order valence-electron chi connectivity index (χ4n) is 0.618. The molecular weight excluding hydrogens is 273 g/mol. The SMILES string of the molecule is [N-]=[N+]=CS(=O)(=O)C(F)(C(F)(F)F)C(F)(F)F. The van der Waals surface area contributed by atoms with Gasteiger partial charge in [-0.15, -0.1) is 0 Å². The van der Waals surface area contributed by atoms with Crippen LogP contribution < -0.4 is 0 Å². The van der Waals surface area contributed by atoms with E-state index in [9.17, 15) is 39.2 Å². The number of halogens is 7. The Morgan fingerprint density at radius 1 is 0.938 bits per heavy atom. The van der Waals surface area contributed by atoms with E-state index in [1.165, 1.54) is 4.79 Å². The van der Waals surface area contributed by atoms with E-state index in [0.29, 0.717) is 0 Å². The summed E-state index contributed by atoms with van der Waals surface area (Å²) in [5.41, 5.74) is 6.41. The fraction of sp³-hybridized carbons (Fsp3) is 0.750. The lowest BCUT2D eigenvalue weighted by atomic mass is 10.3. The third kappa shape index (κ3) is 2.02. The lowest BCUT2D eigenvalue weighted by molar-refractivity contribution is -0.305. The summed E-state index contributed by atoms with van der Waals surface area (Å²) in [5.74, 6) is 0. The monoisotopic (exact) mass is 274 g/mol. The molecule has 0 atom stereocenters. The third-order valence-corrected chi connectivity index (χ3v) is 2.93. The van der Waals surface area contributed by atoms with Crippen molar-refractivity contribution in [1.29, 1.82) is 0 Å². The molecule has 0 fully saturated rings. The fourth-order valence-corrected chi connectivity index (χ4v) is 1.53. The number of rotatable bonds is 2. The highest BCUT2D eigenvalue weighted by Crippen LogP contribution is 2.49. The summed E-state index contributed by atoms with van der Waals surface area (Å²) in [6.45, 7) is 0. The number of hydrogen-bond acceptors (Lipinski definition) is 2. The van der Waals surface area contributed by atoms with Gasteiger partial charge in [-0.1, -0.05) is 0 Å². The van der Waals surface area contributed by atoms with Crippen LogP contribution in [0.25, 0.3) is 5.53 Å². The average Bonchev–Trinajstić information content (AvgIpc) is 1.98. The Morgan fingerprint density at radius 2 is 1.25 bits per heavy atom. The first-order valence-corrected chi connectivity index (χ1v) is 4.60. The molecule has 0 N–H and O–H groups in total. The van der Waals surface area contributed by atoms with E-state index in [1.807, 2.05) is 0 Å². The standard InChI is InChI=1S/C4HF7N2O2S/c5-2(3(6,7)8,4(9,10)11)16(14,15)1-13-12/h1H. The van der Waals surface area contributed by atoms with Crippen LogP contribution in [0.3, 0.4) is 0 Å². The number of hydrogen-bond donors (Lipinski definition) is 0. The Bertz CT molecular complexity index is 401. The maximum atomic E-state index is 12.7. The summed E-state index contributed by atoms with van der Waals surface area (Å²) in [7, 11) is -6.55. The quantitative estimate of drug-likeness (QED) is 0.251. The highest BCUT2D eigenvalue weighted by molar-refractivity contribution is 8.05. The van der Waals surface area contributed by atoms with Crippen molar-refractivity contribution in [3.8, 4) is 0 Å². The van der Waals surface area contributed by atoms with Crippen LogP contribution in [0.4, 0.5) is 30.7 Å². The Kier molecular flexibility index (Phi) is 3.43. The Labute approximate surface area is 83.2 Å². The maximum absolute atomic E-state index is 12.7. The van der Waals surface area contributed by atoms with Crippen molar-refractivity contribution in [3.63, 3.8) is 0 Å². The number of sulfone groups is 1. The van der Waals surface area contributed by atoms with Crippen LogP contribution in [0.1, 0.15) is 0 Å². The van der Waals surface area contributed by atoms with Gasteiger partial charge in [0.1, 0.15) is 0 Å². The molecule has 0 amide bonds. The molecule has 0 saturated carbocycles. The van der Waals surface area contributed by atoms with Gasteiger partial charge >= 0.3 is 22.9 Å². The molecule has 0 aliphatic carbocycles. The van der Waals surface area contributed by atoms with E-state index in [4.69, 9.17) is 5.53 Å². The minimum Gasteiger partial charge on any atom is -0.361 e. The summed E-state index contributed by atoms with van der Waals surface area (Å²) in [6.07, 6.45) is -13.5. The van der Waals surface area contributed by atoms with Gasteiger partial charge in [0, 0.05) is 0 Å². The lowest BCUT2D eigenvalue weighted by Crippen LogP contribution is -2.58. The van der Waals surface area contributed by atoms with Crippen molar-refractivity contribution in [1.82, 2.24) is 0 Å². The van der Waals surface area contributed by atoms with Crippen molar-refractivity contribution in [2.75, 3.05) is 0 Å². The van der Waals surface area contributed by atoms with E-state index in [-0.39, 0.29) is 0 Å². The predicted octanol–water partition coefficient (Wildman–Crippen LogP) is 1.45. The summed E-state index contributed by atoms with van der Waals surface area (Å²) in [4.78, 5) is 1.45. The summed E-state index contributed by atoms with van der Waals surface area (Å²) in [5, 5.41) is -6.51. The molecule has 12 heteroatoms. The molecule has 0 aliphatic rings. The second kappa shape index (κ2) is 3.70. The van der Waals surface area contributed by atoms with Gasteiger partial charge in [0.05, 0.1) is 0 Å². The minimum atomic E-state index is -6.76. The Morgan fingerprint density at radius 3 is 1.44 bits per heavy atom. The second-order valence-electron chi connectivity index (χ2n) is 2.36. The van der Waals surface area contributed by atoms with Gasteiger partial charge in [-0.05, 0) is 0 Å². The molecule has 4 nitrogen and oxygen atoms in total. The van der Waals surface area contributed by atoms with Crippen LogP contribution >= 0.6 is 0 Å². The smallest absolute Gasteiger partial charge is 0.361 e. The maximum Gasteiger partial charge on any atom is 0.447 e. The normalized spacial score (nSPS) is 14.4. The van der Waals surface area contributed by atoms with Crippen molar-refractivity contribution in [2.24, 2.45) is 0 Å². The summed E-state index contributed by atoms with van der Waals surface area (Å²) >= 11 is 0. The van der Waals surface area contributed by atoms with Crippen LogP contribution in [-0.2, 0) is 9.84 Å². The van der Waals surface area contributed by atoms with E-state index in [2.05, 4.69) is 0 Å². The Hall–Kier alpha value is -1.16. The summed E-state index contributed by atoms with van der Waals surface area (Å²) in [6, 6.07) is 0. The average molecular weight is 274 g/mol. The van der Waals surface area contributed by atoms with Crippen LogP contribution in [0.5, 0.6) is 0 Å². The zero-order valence-electron chi connectivity index (χ0n) is 6.84. The number of alkyl halides is 7. The first-order valence-electron chi connectivity index (χ1n) is 3.05. The van der Waals surface area contributed by atoms with Crippen molar-refractivity contribution < 1.29 is 43.9 Å². The zero-order chi connectivity index (χ0) is 13.4. The molecule has 0 aromatic carbocycles. The van der Waals surface area contributed by atoms with Gasteiger partial charge in [0.15, 0.2) is 0 Å². The molecule has 0 aromatic rings. The predicted molar refractivity (Wildman–Crippen MR) is 34.6 cm³/mol. The molecule has 0 aromatic heterocycles. The molecule has 0 aliphatic heterocycles.